The predicted octanol–water partition coefficient (Wildman–Crippen LogP) is 2.60. The number of nitrogens with zero attached hydrogens (tertiary/aromatic N) is 1. The third-order valence-corrected chi connectivity index (χ3v) is 6.29. The average molecular weight is 362 g/mol. The molecule has 134 valence electrons. The highest BCUT2D eigenvalue weighted by molar-refractivity contribution is 7.89. The molecule has 2 N–H and O–H groups in total. The standard InChI is InChI=1S/C18H22N2O4S/c1-23-15-4-6-16(7-5-15)24-17-8-10-18(11-9-17)25(21,22)20-12-2-3-14(20)13-19/h4-11,14H,2-3,12-13,19H2,1H3. The molecule has 1 atom stereocenters. The van der Waals surface area contributed by atoms with Gasteiger partial charge in [-0.15, -0.1) is 0 Å². The third kappa shape index (κ3) is 3.78. The van der Waals surface area contributed by atoms with Crippen molar-refractivity contribution in [2.45, 2.75) is 23.8 Å². The summed E-state index contributed by atoms with van der Waals surface area (Å²) in [6.45, 7) is 0.867. The molecule has 1 unspecified atom stereocenters. The molecule has 1 aliphatic rings. The van der Waals surface area contributed by atoms with Crippen LogP contribution in [0.4, 0.5) is 0 Å². The maximum atomic E-state index is 12.8. The molecule has 2 aromatic rings. The molecule has 1 heterocycles. The molecule has 1 aliphatic heterocycles. The molecule has 0 bridgehead atoms. The fourth-order valence-corrected chi connectivity index (χ4v) is 4.66. The number of hydrogen-bond acceptors (Lipinski definition) is 5. The van der Waals surface area contributed by atoms with Gasteiger partial charge in [0, 0.05) is 19.1 Å². The lowest BCUT2D eigenvalue weighted by molar-refractivity contribution is 0.393. The second-order valence-corrected chi connectivity index (χ2v) is 7.79. The maximum Gasteiger partial charge on any atom is 0.243 e. The Bertz CT molecular complexity index is 804. The molecule has 3 rings (SSSR count). The minimum Gasteiger partial charge on any atom is -0.497 e. The van der Waals surface area contributed by atoms with Crippen LogP contribution in [0.1, 0.15) is 12.8 Å². The Hall–Kier alpha value is -2.09. The molecule has 0 aliphatic carbocycles. The van der Waals surface area contributed by atoms with E-state index in [0.29, 0.717) is 24.6 Å². The Kier molecular flexibility index (Phi) is 5.27. The van der Waals surface area contributed by atoms with Gasteiger partial charge < -0.3 is 15.2 Å². The molecule has 6 nitrogen and oxygen atoms in total. The van der Waals surface area contributed by atoms with E-state index in [4.69, 9.17) is 15.2 Å². The highest BCUT2D eigenvalue weighted by Gasteiger charge is 2.34. The lowest BCUT2D eigenvalue weighted by atomic mass is 10.2. The van der Waals surface area contributed by atoms with Crippen molar-refractivity contribution in [1.82, 2.24) is 4.31 Å². The zero-order valence-electron chi connectivity index (χ0n) is 14.1. The summed E-state index contributed by atoms with van der Waals surface area (Å²) >= 11 is 0. The Morgan fingerprint density at radius 2 is 1.60 bits per heavy atom. The quantitative estimate of drug-likeness (QED) is 0.854. The average Bonchev–Trinajstić information content (AvgIpc) is 3.12. The second kappa shape index (κ2) is 7.43. The molecule has 0 spiro atoms. The van der Waals surface area contributed by atoms with Crippen molar-refractivity contribution in [3.63, 3.8) is 0 Å². The molecule has 1 fully saturated rings. The maximum absolute atomic E-state index is 12.8. The van der Waals surface area contributed by atoms with Crippen molar-refractivity contribution in [3.8, 4) is 17.2 Å². The van der Waals surface area contributed by atoms with Gasteiger partial charge in [-0.1, -0.05) is 0 Å². The van der Waals surface area contributed by atoms with Crippen molar-refractivity contribution in [1.29, 1.82) is 0 Å². The van der Waals surface area contributed by atoms with Gasteiger partial charge in [-0.2, -0.15) is 4.31 Å². The van der Waals surface area contributed by atoms with Crippen molar-refractivity contribution >= 4 is 10.0 Å². The van der Waals surface area contributed by atoms with Gasteiger partial charge in [0.05, 0.1) is 12.0 Å². The number of ether oxygens (including phenoxy) is 2. The van der Waals surface area contributed by atoms with Gasteiger partial charge in [-0.3, -0.25) is 0 Å². The monoisotopic (exact) mass is 362 g/mol. The Balaban J connectivity index is 1.75. The molecule has 1 saturated heterocycles. The molecule has 0 amide bonds. The first-order valence-electron chi connectivity index (χ1n) is 8.18. The highest BCUT2D eigenvalue weighted by Crippen LogP contribution is 2.28. The number of sulfonamides is 1. The smallest absolute Gasteiger partial charge is 0.243 e. The number of rotatable bonds is 6. The molecule has 0 aromatic heterocycles. The van der Waals surface area contributed by atoms with Crippen LogP contribution in [0.25, 0.3) is 0 Å². The van der Waals surface area contributed by atoms with Crippen LogP contribution < -0.4 is 15.2 Å². The Labute approximate surface area is 148 Å². The molecule has 7 heteroatoms. The zero-order chi connectivity index (χ0) is 17.9. The summed E-state index contributed by atoms with van der Waals surface area (Å²) in [7, 11) is -1.92. The van der Waals surface area contributed by atoms with E-state index in [1.54, 1.807) is 55.6 Å². The number of benzene rings is 2. The molecule has 25 heavy (non-hydrogen) atoms. The van der Waals surface area contributed by atoms with Crippen LogP contribution in [0.3, 0.4) is 0 Å². The van der Waals surface area contributed by atoms with E-state index in [1.165, 1.54) is 4.31 Å². The van der Waals surface area contributed by atoms with Crippen LogP contribution in [0.15, 0.2) is 53.4 Å². The summed E-state index contributed by atoms with van der Waals surface area (Å²) in [5.41, 5.74) is 5.69. The first-order valence-corrected chi connectivity index (χ1v) is 9.62. The molecular weight excluding hydrogens is 340 g/mol. The van der Waals surface area contributed by atoms with Gasteiger partial charge >= 0.3 is 0 Å². The van der Waals surface area contributed by atoms with Gasteiger partial charge in [-0.25, -0.2) is 8.42 Å². The summed E-state index contributed by atoms with van der Waals surface area (Å²) in [5.74, 6) is 1.97. The van der Waals surface area contributed by atoms with E-state index in [2.05, 4.69) is 0 Å². The first-order chi connectivity index (χ1) is 12.0. The minimum absolute atomic E-state index is 0.111. The number of methoxy groups -OCH3 is 1. The van der Waals surface area contributed by atoms with Crippen molar-refractivity contribution in [3.05, 3.63) is 48.5 Å². The summed E-state index contributed by atoms with van der Waals surface area (Å²) in [6.07, 6.45) is 1.66. The lowest BCUT2D eigenvalue weighted by Gasteiger charge is -2.22. The largest absolute Gasteiger partial charge is 0.497 e. The van der Waals surface area contributed by atoms with Crippen molar-refractivity contribution in [2.75, 3.05) is 20.2 Å². The van der Waals surface area contributed by atoms with Crippen LogP contribution in [0.5, 0.6) is 17.2 Å². The van der Waals surface area contributed by atoms with Gasteiger partial charge in [0.2, 0.25) is 10.0 Å². The fraction of sp³-hybridized carbons (Fsp3) is 0.333. The van der Waals surface area contributed by atoms with Gasteiger partial charge in [0.25, 0.3) is 0 Å². The summed E-state index contributed by atoms with van der Waals surface area (Å²) in [5, 5.41) is 0. The van der Waals surface area contributed by atoms with E-state index >= 15 is 0 Å². The highest BCUT2D eigenvalue weighted by atomic mass is 32.2. The van der Waals surface area contributed by atoms with Crippen LogP contribution in [-0.2, 0) is 10.0 Å². The van der Waals surface area contributed by atoms with Gasteiger partial charge in [0.15, 0.2) is 0 Å². The number of nitrogens with two attached hydrogens (primary N) is 1. The Morgan fingerprint density at radius 3 is 2.16 bits per heavy atom. The van der Waals surface area contributed by atoms with Crippen LogP contribution in [-0.4, -0.2) is 39.0 Å². The summed E-state index contributed by atoms with van der Waals surface area (Å²) in [4.78, 5) is 0.259. The van der Waals surface area contributed by atoms with Gasteiger partial charge in [-0.05, 0) is 61.4 Å². The summed E-state index contributed by atoms with van der Waals surface area (Å²) in [6, 6.07) is 13.5. The minimum atomic E-state index is -3.52. The van der Waals surface area contributed by atoms with E-state index in [1.807, 2.05) is 0 Å². The van der Waals surface area contributed by atoms with E-state index in [-0.39, 0.29) is 10.9 Å². The van der Waals surface area contributed by atoms with Crippen LogP contribution in [0, 0.1) is 0 Å². The second-order valence-electron chi connectivity index (χ2n) is 5.90. The normalized spacial score (nSPS) is 18.2. The topological polar surface area (TPSA) is 81.9 Å². The molecule has 2 aromatic carbocycles. The fourth-order valence-electron chi connectivity index (χ4n) is 2.96. The molecular formula is C18H22N2O4S. The zero-order valence-corrected chi connectivity index (χ0v) is 14.9. The van der Waals surface area contributed by atoms with Crippen LogP contribution >= 0.6 is 0 Å². The van der Waals surface area contributed by atoms with E-state index in [0.717, 1.165) is 18.6 Å². The SMILES string of the molecule is COc1ccc(Oc2ccc(S(=O)(=O)N3CCCC3CN)cc2)cc1. The van der Waals surface area contributed by atoms with E-state index in [9.17, 15) is 8.42 Å². The predicted molar refractivity (Wildman–Crippen MR) is 95.5 cm³/mol. The first kappa shape index (κ1) is 17.7. The van der Waals surface area contributed by atoms with Crippen LogP contribution in [0.2, 0.25) is 0 Å². The van der Waals surface area contributed by atoms with Crippen molar-refractivity contribution in [2.24, 2.45) is 5.73 Å². The Morgan fingerprint density at radius 1 is 1.04 bits per heavy atom. The summed E-state index contributed by atoms with van der Waals surface area (Å²) < 4.78 is 37.9. The third-order valence-electron chi connectivity index (χ3n) is 4.32. The number of hydrogen-bond donors (Lipinski definition) is 1. The van der Waals surface area contributed by atoms with Gasteiger partial charge in [0.1, 0.15) is 17.2 Å². The van der Waals surface area contributed by atoms with E-state index < -0.39 is 10.0 Å². The lowest BCUT2D eigenvalue weighted by Crippen LogP contribution is -2.39. The molecule has 0 saturated carbocycles. The molecule has 0 radical (unpaired) electrons. The van der Waals surface area contributed by atoms with Crippen molar-refractivity contribution < 1.29 is 17.9 Å².